The minimum absolute atomic E-state index is 0.000190. The van der Waals surface area contributed by atoms with Crippen LogP contribution in [0, 0.1) is 35.3 Å². The van der Waals surface area contributed by atoms with Crippen molar-refractivity contribution >= 4 is 27.5 Å². The number of piperidine rings is 1. The molecule has 0 amide bonds. The first-order valence-electron chi connectivity index (χ1n) is 16.8. The monoisotopic (exact) mass is 641 g/mol. The zero-order chi connectivity index (χ0) is 32.7. The quantitative estimate of drug-likeness (QED) is 0.223. The smallest absolute Gasteiger partial charge is 0.319 e. The Morgan fingerprint density at radius 1 is 1.11 bits per heavy atom. The number of ether oxygens (including phenoxy) is 2. The van der Waals surface area contributed by atoms with Crippen LogP contribution >= 0.6 is 0 Å². The van der Waals surface area contributed by atoms with Crippen LogP contribution in [0.15, 0.2) is 30.5 Å². The molecule has 0 radical (unpaired) electrons. The highest BCUT2D eigenvalue weighted by atomic mass is 19.1. The van der Waals surface area contributed by atoms with Gasteiger partial charge in [-0.1, -0.05) is 32.3 Å². The number of anilines is 1. The molecule has 4 aromatic rings. The Kier molecular flexibility index (Phi) is 8.62. The molecule has 2 aromatic heterocycles. The molecular weight excluding hydrogens is 600 g/mol. The van der Waals surface area contributed by atoms with Crippen LogP contribution in [0.25, 0.3) is 32.9 Å². The molecule has 4 heterocycles. The predicted octanol–water partition coefficient (Wildman–Crippen LogP) is 6.71. The van der Waals surface area contributed by atoms with Crippen LogP contribution < -0.4 is 9.64 Å². The summed E-state index contributed by atoms with van der Waals surface area (Å²) in [4.78, 5) is 18.8. The van der Waals surface area contributed by atoms with Gasteiger partial charge in [0.1, 0.15) is 28.6 Å². The summed E-state index contributed by atoms with van der Waals surface area (Å²) in [6.45, 7) is 9.56. The number of aromatic nitrogens is 3. The van der Waals surface area contributed by atoms with E-state index >= 15 is 4.39 Å². The van der Waals surface area contributed by atoms with Crippen molar-refractivity contribution in [3.05, 3.63) is 47.7 Å². The third-order valence-corrected chi connectivity index (χ3v) is 10.1. The van der Waals surface area contributed by atoms with E-state index in [-0.39, 0.29) is 39.5 Å². The first-order chi connectivity index (χ1) is 22.8. The fraction of sp³-hybridized carbons (Fsp3) is 0.486. The van der Waals surface area contributed by atoms with Gasteiger partial charge in [-0.15, -0.1) is 6.42 Å². The molecule has 2 atom stereocenters. The molecular formula is C37H41F2N5O3. The van der Waals surface area contributed by atoms with Crippen molar-refractivity contribution in [1.82, 2.24) is 19.9 Å². The highest BCUT2D eigenvalue weighted by Gasteiger charge is 2.48. The molecule has 8 nitrogen and oxygen atoms in total. The van der Waals surface area contributed by atoms with Gasteiger partial charge in [0.15, 0.2) is 5.82 Å². The van der Waals surface area contributed by atoms with Crippen molar-refractivity contribution in [3.8, 4) is 35.4 Å². The molecule has 2 aromatic carbocycles. The molecule has 1 saturated carbocycles. The summed E-state index contributed by atoms with van der Waals surface area (Å²) >= 11 is 0. The van der Waals surface area contributed by atoms with E-state index < -0.39 is 11.6 Å². The number of benzene rings is 2. The van der Waals surface area contributed by atoms with E-state index in [1.165, 1.54) is 24.3 Å². The lowest BCUT2D eigenvalue weighted by atomic mass is 9.75. The van der Waals surface area contributed by atoms with Gasteiger partial charge in [0.25, 0.3) is 0 Å². The highest BCUT2D eigenvalue weighted by molar-refractivity contribution is 6.03. The number of phenols is 1. The minimum Gasteiger partial charge on any atom is -0.508 e. The molecule has 3 fully saturated rings. The maximum atomic E-state index is 16.9. The van der Waals surface area contributed by atoms with E-state index in [1.54, 1.807) is 6.20 Å². The van der Waals surface area contributed by atoms with Crippen LogP contribution in [0.5, 0.6) is 11.8 Å². The van der Waals surface area contributed by atoms with E-state index in [9.17, 15) is 9.50 Å². The third-order valence-electron chi connectivity index (χ3n) is 10.1. The van der Waals surface area contributed by atoms with E-state index in [0.717, 1.165) is 51.6 Å². The average molecular weight is 642 g/mol. The van der Waals surface area contributed by atoms with Crippen molar-refractivity contribution < 1.29 is 23.4 Å². The number of rotatable bonds is 7. The SMILES string of the molecule is C#Cc1c(F)ccc2cc(O)cc(-c3ncc4c(N5CCCOCC5)nc(OC[C@]56CCC[C@H]5N(CC(C)C)CCC6)nc4c3F)c12. The second-order valence-electron chi connectivity index (χ2n) is 13.7. The van der Waals surface area contributed by atoms with Gasteiger partial charge in [0.05, 0.1) is 24.2 Å². The summed E-state index contributed by atoms with van der Waals surface area (Å²) in [6, 6.07) is 6.13. The van der Waals surface area contributed by atoms with E-state index in [1.807, 2.05) is 0 Å². The second kappa shape index (κ2) is 12.9. The van der Waals surface area contributed by atoms with Crippen molar-refractivity contribution in [2.45, 2.75) is 58.4 Å². The van der Waals surface area contributed by atoms with Gasteiger partial charge in [-0.3, -0.25) is 9.88 Å². The third kappa shape index (κ3) is 5.85. The predicted molar refractivity (Wildman–Crippen MR) is 179 cm³/mol. The van der Waals surface area contributed by atoms with Gasteiger partial charge in [-0.25, -0.2) is 8.78 Å². The first kappa shape index (κ1) is 31.5. The lowest BCUT2D eigenvalue weighted by Gasteiger charge is -2.46. The Hall–Kier alpha value is -4.07. The highest BCUT2D eigenvalue weighted by Crippen LogP contribution is 2.48. The normalized spacial score (nSPS) is 22.0. The molecule has 246 valence electrons. The number of halogens is 2. The first-order valence-corrected chi connectivity index (χ1v) is 16.8. The number of aromatic hydroxyl groups is 1. The molecule has 0 unspecified atom stereocenters. The summed E-state index contributed by atoms with van der Waals surface area (Å²) in [5, 5.41) is 11.8. The number of fused-ring (bicyclic) bond motifs is 3. The van der Waals surface area contributed by atoms with Crippen LogP contribution in [0.4, 0.5) is 14.6 Å². The molecule has 3 aliphatic rings. The maximum absolute atomic E-state index is 16.9. The fourth-order valence-corrected chi connectivity index (χ4v) is 8.13. The standard InChI is InChI=1S/C37H41F2N5O3/c1-4-26-29(38)10-9-24-18-25(45)19-27(31(24)26)33-32(39)34-28(20-40-33)35(43-14-7-16-46-17-15-43)42-36(41-34)47-22-37-11-5-8-30(37)44(13-6-12-37)21-23(2)3/h1,9-10,18-20,23,30,45H,5-8,11-17,21-22H2,2-3H3/t30-,37-/m1/s1. The van der Waals surface area contributed by atoms with Gasteiger partial charge in [-0.2, -0.15) is 9.97 Å². The summed E-state index contributed by atoms with van der Waals surface area (Å²) < 4.78 is 43.9. The van der Waals surface area contributed by atoms with Gasteiger partial charge in [0, 0.05) is 54.8 Å². The van der Waals surface area contributed by atoms with Crippen molar-refractivity contribution in [2.24, 2.45) is 11.3 Å². The van der Waals surface area contributed by atoms with Crippen LogP contribution in [0.1, 0.15) is 57.9 Å². The molecule has 2 aliphatic heterocycles. The molecule has 1 N–H and O–H groups in total. The second-order valence-corrected chi connectivity index (χ2v) is 13.7. The number of hydrogen-bond donors (Lipinski definition) is 1. The van der Waals surface area contributed by atoms with Crippen LogP contribution in [0.3, 0.4) is 0 Å². The van der Waals surface area contributed by atoms with Gasteiger partial charge >= 0.3 is 6.01 Å². The van der Waals surface area contributed by atoms with Gasteiger partial charge in [-0.05, 0) is 68.2 Å². The van der Waals surface area contributed by atoms with Crippen LogP contribution in [-0.2, 0) is 4.74 Å². The van der Waals surface area contributed by atoms with E-state index in [0.29, 0.717) is 66.8 Å². The largest absolute Gasteiger partial charge is 0.508 e. The Bertz CT molecular complexity index is 1850. The van der Waals surface area contributed by atoms with Crippen LogP contribution in [-0.4, -0.2) is 77.0 Å². The van der Waals surface area contributed by atoms with Crippen LogP contribution in [0.2, 0.25) is 0 Å². The zero-order valence-corrected chi connectivity index (χ0v) is 27.1. The number of pyridine rings is 1. The van der Waals surface area contributed by atoms with Crippen molar-refractivity contribution in [2.75, 3.05) is 50.9 Å². The molecule has 10 heteroatoms. The van der Waals surface area contributed by atoms with Crippen molar-refractivity contribution in [3.63, 3.8) is 0 Å². The molecule has 47 heavy (non-hydrogen) atoms. The Labute approximate surface area is 274 Å². The number of nitrogens with zero attached hydrogens (tertiary/aromatic N) is 5. The average Bonchev–Trinajstić information content (AvgIpc) is 3.31. The molecule has 1 aliphatic carbocycles. The Balaban J connectivity index is 1.34. The fourth-order valence-electron chi connectivity index (χ4n) is 8.13. The molecule has 0 spiro atoms. The van der Waals surface area contributed by atoms with Crippen molar-refractivity contribution in [1.29, 1.82) is 0 Å². The number of terminal acetylenes is 1. The number of phenolic OH excluding ortho intramolecular Hbond substituents is 1. The molecule has 7 rings (SSSR count). The Morgan fingerprint density at radius 2 is 1.96 bits per heavy atom. The zero-order valence-electron chi connectivity index (χ0n) is 27.1. The number of likely N-dealkylation sites (tertiary alicyclic amines) is 1. The number of hydrogen-bond acceptors (Lipinski definition) is 8. The summed E-state index contributed by atoms with van der Waals surface area (Å²) in [6.07, 6.45) is 13.6. The lowest BCUT2D eigenvalue weighted by Crippen LogP contribution is -2.52. The molecule has 2 saturated heterocycles. The summed E-state index contributed by atoms with van der Waals surface area (Å²) in [5.41, 5.74) is 0.0975. The minimum atomic E-state index is -0.723. The maximum Gasteiger partial charge on any atom is 0.319 e. The van der Waals surface area contributed by atoms with E-state index in [2.05, 4.69) is 39.5 Å². The topological polar surface area (TPSA) is 83.8 Å². The summed E-state index contributed by atoms with van der Waals surface area (Å²) in [7, 11) is 0. The Morgan fingerprint density at radius 3 is 2.79 bits per heavy atom. The molecule has 0 bridgehead atoms. The lowest BCUT2D eigenvalue weighted by molar-refractivity contribution is -0.00537. The van der Waals surface area contributed by atoms with Gasteiger partial charge in [0.2, 0.25) is 0 Å². The van der Waals surface area contributed by atoms with Gasteiger partial charge < -0.3 is 19.5 Å². The van der Waals surface area contributed by atoms with E-state index in [4.69, 9.17) is 20.9 Å². The summed E-state index contributed by atoms with van der Waals surface area (Å²) in [5.74, 6) is 2.06.